The van der Waals surface area contributed by atoms with Crippen LogP contribution in [0, 0.1) is 0 Å². The first-order chi connectivity index (χ1) is 8.36. The van der Waals surface area contributed by atoms with Crippen molar-refractivity contribution in [1.82, 2.24) is 10.1 Å². The highest BCUT2D eigenvalue weighted by Crippen LogP contribution is 2.22. The lowest BCUT2D eigenvalue weighted by atomic mass is 10.1. The van der Waals surface area contributed by atoms with Gasteiger partial charge in [0.1, 0.15) is 5.88 Å². The van der Waals surface area contributed by atoms with E-state index >= 15 is 0 Å². The summed E-state index contributed by atoms with van der Waals surface area (Å²) in [4.78, 5) is 4.20. The van der Waals surface area contributed by atoms with E-state index in [1.807, 2.05) is 30.3 Å². The minimum absolute atomic E-state index is 0.237. The van der Waals surface area contributed by atoms with Crippen LogP contribution in [0.1, 0.15) is 5.89 Å². The van der Waals surface area contributed by atoms with E-state index in [2.05, 4.69) is 22.3 Å². The highest BCUT2D eigenvalue weighted by molar-refractivity contribution is 6.16. The summed E-state index contributed by atoms with van der Waals surface area (Å²) >= 11 is 5.63. The summed E-state index contributed by atoms with van der Waals surface area (Å²) in [5, 5.41) is 6.24. The molecule has 0 fully saturated rings. The molecule has 3 rings (SSSR count). The fraction of sp³-hybridized carbons (Fsp3) is 0.0769. The van der Waals surface area contributed by atoms with Crippen LogP contribution in [0.15, 0.2) is 47.0 Å². The summed E-state index contributed by atoms with van der Waals surface area (Å²) in [5.74, 6) is 1.25. The van der Waals surface area contributed by atoms with Crippen molar-refractivity contribution in [3.63, 3.8) is 0 Å². The van der Waals surface area contributed by atoms with Gasteiger partial charge in [0.25, 0.3) is 0 Å². The van der Waals surface area contributed by atoms with Crippen LogP contribution in [0.25, 0.3) is 22.2 Å². The molecule has 0 N–H and O–H groups in total. The first-order valence-electron chi connectivity index (χ1n) is 5.24. The van der Waals surface area contributed by atoms with Crippen molar-refractivity contribution in [3.8, 4) is 11.4 Å². The Hall–Kier alpha value is -1.87. The van der Waals surface area contributed by atoms with Crippen LogP contribution >= 0.6 is 11.6 Å². The van der Waals surface area contributed by atoms with Crippen molar-refractivity contribution in [2.75, 3.05) is 0 Å². The average Bonchev–Trinajstić information content (AvgIpc) is 2.87. The fourth-order valence-electron chi connectivity index (χ4n) is 1.75. The quantitative estimate of drug-likeness (QED) is 0.646. The lowest BCUT2D eigenvalue weighted by Gasteiger charge is -1.98. The molecule has 0 aliphatic carbocycles. The molecule has 0 atom stereocenters. The molecule has 0 aliphatic rings. The molecular formula is C13H9ClN2O. The first-order valence-corrected chi connectivity index (χ1v) is 5.78. The van der Waals surface area contributed by atoms with Gasteiger partial charge in [-0.25, -0.2) is 0 Å². The Kier molecular flexibility index (Phi) is 2.53. The number of alkyl halides is 1. The number of hydrogen-bond donors (Lipinski definition) is 0. The van der Waals surface area contributed by atoms with Crippen LogP contribution in [0.3, 0.4) is 0 Å². The number of hydrogen-bond acceptors (Lipinski definition) is 3. The SMILES string of the molecule is ClCc1nc(-c2ccc3ccccc3c2)no1. The van der Waals surface area contributed by atoms with Crippen LogP contribution in [0.4, 0.5) is 0 Å². The van der Waals surface area contributed by atoms with E-state index in [0.29, 0.717) is 11.7 Å². The second kappa shape index (κ2) is 4.18. The van der Waals surface area contributed by atoms with Gasteiger partial charge in [-0.1, -0.05) is 41.6 Å². The molecule has 0 spiro atoms. The van der Waals surface area contributed by atoms with Gasteiger partial charge in [0.2, 0.25) is 11.7 Å². The molecule has 4 heteroatoms. The monoisotopic (exact) mass is 244 g/mol. The van der Waals surface area contributed by atoms with Crippen molar-refractivity contribution in [1.29, 1.82) is 0 Å². The summed E-state index contributed by atoms with van der Waals surface area (Å²) in [6.45, 7) is 0. The molecule has 1 heterocycles. The van der Waals surface area contributed by atoms with E-state index in [0.717, 1.165) is 10.9 Å². The Bertz CT molecular complexity index is 663. The zero-order valence-electron chi connectivity index (χ0n) is 8.93. The number of halogens is 1. The van der Waals surface area contributed by atoms with Gasteiger partial charge in [-0.3, -0.25) is 0 Å². The first kappa shape index (κ1) is 10.3. The second-order valence-electron chi connectivity index (χ2n) is 3.71. The Labute approximate surface area is 103 Å². The fourth-order valence-corrected chi connectivity index (χ4v) is 1.86. The Morgan fingerprint density at radius 2 is 1.88 bits per heavy atom. The van der Waals surface area contributed by atoms with Crippen molar-refractivity contribution in [2.24, 2.45) is 0 Å². The van der Waals surface area contributed by atoms with E-state index in [1.54, 1.807) is 0 Å². The lowest BCUT2D eigenvalue weighted by Crippen LogP contribution is -1.82. The molecule has 0 amide bonds. The number of aromatic nitrogens is 2. The minimum Gasteiger partial charge on any atom is -0.338 e. The molecule has 0 radical (unpaired) electrons. The topological polar surface area (TPSA) is 38.9 Å². The number of nitrogens with zero attached hydrogens (tertiary/aromatic N) is 2. The summed E-state index contributed by atoms with van der Waals surface area (Å²) in [5.41, 5.74) is 0.934. The van der Waals surface area contributed by atoms with E-state index in [-0.39, 0.29) is 5.88 Å². The van der Waals surface area contributed by atoms with Gasteiger partial charge in [0.05, 0.1) is 0 Å². The maximum Gasteiger partial charge on any atom is 0.241 e. The molecule has 0 unspecified atom stereocenters. The number of fused-ring (bicyclic) bond motifs is 1. The van der Waals surface area contributed by atoms with Crippen molar-refractivity contribution >= 4 is 22.4 Å². The van der Waals surface area contributed by atoms with Crippen molar-refractivity contribution in [2.45, 2.75) is 5.88 Å². The maximum absolute atomic E-state index is 5.63. The third-order valence-electron chi connectivity index (χ3n) is 2.59. The zero-order chi connectivity index (χ0) is 11.7. The summed E-state index contributed by atoms with van der Waals surface area (Å²) in [7, 11) is 0. The highest BCUT2D eigenvalue weighted by Gasteiger charge is 2.07. The largest absolute Gasteiger partial charge is 0.338 e. The zero-order valence-corrected chi connectivity index (χ0v) is 9.69. The Balaban J connectivity index is 2.11. The molecule has 2 aromatic carbocycles. The van der Waals surface area contributed by atoms with Gasteiger partial charge in [-0.2, -0.15) is 4.98 Å². The predicted molar refractivity (Wildman–Crippen MR) is 66.8 cm³/mol. The van der Waals surface area contributed by atoms with Gasteiger partial charge in [-0.05, 0) is 16.8 Å². The van der Waals surface area contributed by atoms with E-state index in [1.165, 1.54) is 5.39 Å². The molecule has 0 saturated carbocycles. The van der Waals surface area contributed by atoms with Crippen molar-refractivity contribution < 1.29 is 4.52 Å². The third-order valence-corrected chi connectivity index (χ3v) is 2.82. The average molecular weight is 245 g/mol. The normalized spacial score (nSPS) is 10.9. The standard InChI is InChI=1S/C13H9ClN2O/c14-8-12-15-13(16-17-12)11-6-5-9-3-1-2-4-10(9)7-11/h1-7H,8H2. The molecule has 3 nitrogen and oxygen atoms in total. The summed E-state index contributed by atoms with van der Waals surface area (Å²) in [6.07, 6.45) is 0. The molecule has 84 valence electrons. The molecule has 0 saturated heterocycles. The Morgan fingerprint density at radius 3 is 2.65 bits per heavy atom. The molecule has 0 aliphatic heterocycles. The van der Waals surface area contributed by atoms with Crippen LogP contribution in [-0.2, 0) is 5.88 Å². The van der Waals surface area contributed by atoms with E-state index < -0.39 is 0 Å². The maximum atomic E-state index is 5.63. The van der Waals surface area contributed by atoms with Crippen LogP contribution in [-0.4, -0.2) is 10.1 Å². The second-order valence-corrected chi connectivity index (χ2v) is 3.97. The number of rotatable bonds is 2. The van der Waals surface area contributed by atoms with Gasteiger partial charge in [0.15, 0.2) is 0 Å². The molecular weight excluding hydrogens is 236 g/mol. The van der Waals surface area contributed by atoms with Gasteiger partial charge >= 0.3 is 0 Å². The van der Waals surface area contributed by atoms with Crippen LogP contribution < -0.4 is 0 Å². The van der Waals surface area contributed by atoms with E-state index in [9.17, 15) is 0 Å². The van der Waals surface area contributed by atoms with E-state index in [4.69, 9.17) is 16.1 Å². The number of benzene rings is 2. The molecule has 0 bridgehead atoms. The highest BCUT2D eigenvalue weighted by atomic mass is 35.5. The summed E-state index contributed by atoms with van der Waals surface area (Å²) < 4.78 is 4.99. The smallest absolute Gasteiger partial charge is 0.241 e. The minimum atomic E-state index is 0.237. The molecule has 1 aromatic heterocycles. The Morgan fingerprint density at radius 1 is 1.06 bits per heavy atom. The van der Waals surface area contributed by atoms with Gasteiger partial charge < -0.3 is 4.52 Å². The van der Waals surface area contributed by atoms with Crippen LogP contribution in [0.2, 0.25) is 0 Å². The van der Waals surface area contributed by atoms with Gasteiger partial charge in [0, 0.05) is 5.56 Å². The van der Waals surface area contributed by atoms with Crippen molar-refractivity contribution in [3.05, 3.63) is 48.4 Å². The molecule has 3 aromatic rings. The molecule has 17 heavy (non-hydrogen) atoms. The summed E-state index contributed by atoms with van der Waals surface area (Å²) in [6, 6.07) is 14.2. The van der Waals surface area contributed by atoms with Crippen LogP contribution in [0.5, 0.6) is 0 Å². The van der Waals surface area contributed by atoms with Gasteiger partial charge in [-0.15, -0.1) is 11.6 Å². The predicted octanol–water partition coefficient (Wildman–Crippen LogP) is 3.63. The third kappa shape index (κ3) is 1.89. The lowest BCUT2D eigenvalue weighted by molar-refractivity contribution is 0.391.